The van der Waals surface area contributed by atoms with Crippen LogP contribution in [-0.4, -0.2) is 34.7 Å². The fourth-order valence-corrected chi connectivity index (χ4v) is 1.32. The third-order valence-corrected chi connectivity index (χ3v) is 2.67. The number of amides is 1. The van der Waals surface area contributed by atoms with Gasteiger partial charge in [-0.05, 0) is 14.0 Å². The van der Waals surface area contributed by atoms with Gasteiger partial charge in [0.2, 0.25) is 5.91 Å². The van der Waals surface area contributed by atoms with E-state index in [9.17, 15) is 14.4 Å². The van der Waals surface area contributed by atoms with E-state index in [4.69, 9.17) is 0 Å². The Hall–Kier alpha value is -1.89. The number of hydrogen-bond donors (Lipinski definition) is 2. The Labute approximate surface area is 104 Å². The molecule has 0 aliphatic rings. The molecule has 7 heteroatoms. The lowest BCUT2D eigenvalue weighted by Crippen LogP contribution is -2.42. The maximum absolute atomic E-state index is 11.7. The third kappa shape index (κ3) is 3.56. The zero-order valence-corrected chi connectivity index (χ0v) is 10.8. The Bertz CT molecular complexity index is 532. The lowest BCUT2D eigenvalue weighted by atomic mass is 10.3. The van der Waals surface area contributed by atoms with E-state index in [-0.39, 0.29) is 24.1 Å². The molecular formula is C11H18N4O3. The van der Waals surface area contributed by atoms with Crippen LogP contribution in [0.2, 0.25) is 0 Å². The second kappa shape index (κ2) is 6.15. The van der Waals surface area contributed by atoms with E-state index in [0.717, 1.165) is 4.57 Å². The minimum absolute atomic E-state index is 0.0939. The summed E-state index contributed by atoms with van der Waals surface area (Å²) < 4.78 is 2.16. The molecule has 1 aromatic heterocycles. The lowest BCUT2D eigenvalue weighted by Gasteiger charge is -2.12. The van der Waals surface area contributed by atoms with Crippen LogP contribution in [0.4, 0.5) is 0 Å². The van der Waals surface area contributed by atoms with Crippen LogP contribution < -0.4 is 21.9 Å². The molecule has 0 fully saturated rings. The minimum Gasteiger partial charge on any atom is -0.353 e. The molecule has 0 bridgehead atoms. The average Bonchev–Trinajstić information content (AvgIpc) is 2.36. The van der Waals surface area contributed by atoms with E-state index >= 15 is 0 Å². The summed E-state index contributed by atoms with van der Waals surface area (Å²) in [5.74, 6) is -0.266. The maximum Gasteiger partial charge on any atom is 0.331 e. The van der Waals surface area contributed by atoms with Gasteiger partial charge in [-0.1, -0.05) is 0 Å². The first-order valence-electron chi connectivity index (χ1n) is 5.66. The largest absolute Gasteiger partial charge is 0.353 e. The van der Waals surface area contributed by atoms with Gasteiger partial charge in [0, 0.05) is 31.9 Å². The van der Waals surface area contributed by atoms with Crippen molar-refractivity contribution < 1.29 is 4.79 Å². The highest BCUT2D eigenvalue weighted by molar-refractivity contribution is 5.75. The first-order valence-corrected chi connectivity index (χ1v) is 5.66. The van der Waals surface area contributed by atoms with Gasteiger partial charge in [0.1, 0.15) is 6.54 Å². The zero-order chi connectivity index (χ0) is 13.7. The Morgan fingerprint density at radius 2 is 2.11 bits per heavy atom. The molecule has 1 unspecified atom stereocenters. The molecule has 1 aromatic rings. The predicted molar refractivity (Wildman–Crippen MR) is 67.5 cm³/mol. The summed E-state index contributed by atoms with van der Waals surface area (Å²) in [5.41, 5.74) is -0.889. The van der Waals surface area contributed by atoms with Crippen LogP contribution in [0.3, 0.4) is 0 Å². The van der Waals surface area contributed by atoms with Crippen molar-refractivity contribution in [2.75, 3.05) is 13.6 Å². The van der Waals surface area contributed by atoms with Crippen molar-refractivity contribution in [2.24, 2.45) is 7.05 Å². The molecule has 0 saturated heterocycles. The van der Waals surface area contributed by atoms with Crippen molar-refractivity contribution in [3.05, 3.63) is 33.1 Å². The second-order valence-electron chi connectivity index (χ2n) is 4.12. The number of nitrogens with one attached hydrogen (secondary N) is 2. The predicted octanol–water partition coefficient (Wildman–Crippen LogP) is -1.73. The smallest absolute Gasteiger partial charge is 0.331 e. The quantitative estimate of drug-likeness (QED) is 0.654. The maximum atomic E-state index is 11.7. The topological polar surface area (TPSA) is 85.1 Å². The molecule has 1 amide bonds. The van der Waals surface area contributed by atoms with Crippen molar-refractivity contribution in [1.82, 2.24) is 19.8 Å². The van der Waals surface area contributed by atoms with Crippen LogP contribution in [0.1, 0.15) is 6.92 Å². The number of likely N-dealkylation sites (N-methyl/N-ethyl adjacent to an activating group) is 1. The molecule has 2 N–H and O–H groups in total. The van der Waals surface area contributed by atoms with Gasteiger partial charge in [0.05, 0.1) is 0 Å². The molecule has 7 nitrogen and oxygen atoms in total. The summed E-state index contributed by atoms with van der Waals surface area (Å²) >= 11 is 0. The lowest BCUT2D eigenvalue weighted by molar-refractivity contribution is -0.121. The summed E-state index contributed by atoms with van der Waals surface area (Å²) in [6, 6.07) is 1.41. The van der Waals surface area contributed by atoms with E-state index in [1.165, 1.54) is 23.9 Å². The standard InChI is InChI=1S/C11H18N4O3/c1-8(12-2)6-13-9(16)7-15-5-4-10(17)14(3)11(15)18/h4-5,8,12H,6-7H2,1-3H3,(H,13,16). The van der Waals surface area contributed by atoms with Crippen LogP contribution in [0.25, 0.3) is 0 Å². The van der Waals surface area contributed by atoms with E-state index in [1.54, 1.807) is 7.05 Å². The first-order chi connectivity index (χ1) is 8.45. The van der Waals surface area contributed by atoms with Gasteiger partial charge >= 0.3 is 5.69 Å². The van der Waals surface area contributed by atoms with E-state index in [1.807, 2.05) is 6.92 Å². The fraction of sp³-hybridized carbons (Fsp3) is 0.545. The van der Waals surface area contributed by atoms with Gasteiger partial charge in [-0.25, -0.2) is 4.79 Å². The molecule has 0 aliphatic carbocycles. The SMILES string of the molecule is CNC(C)CNC(=O)Cn1ccc(=O)n(C)c1=O. The van der Waals surface area contributed by atoms with Crippen LogP contribution in [0, 0.1) is 0 Å². The summed E-state index contributed by atoms with van der Waals surface area (Å²) in [6.07, 6.45) is 1.33. The number of carbonyl (C=O) groups is 1. The van der Waals surface area contributed by atoms with E-state index in [2.05, 4.69) is 10.6 Å². The summed E-state index contributed by atoms with van der Waals surface area (Å²) in [5, 5.41) is 5.68. The normalized spacial score (nSPS) is 12.2. The Kier molecular flexibility index (Phi) is 4.85. The van der Waals surface area contributed by atoms with Gasteiger partial charge in [-0.3, -0.25) is 18.7 Å². The zero-order valence-electron chi connectivity index (χ0n) is 10.8. The van der Waals surface area contributed by atoms with Crippen molar-refractivity contribution in [2.45, 2.75) is 19.5 Å². The van der Waals surface area contributed by atoms with E-state index < -0.39 is 5.69 Å². The molecule has 100 valence electrons. The molecule has 0 saturated carbocycles. The molecule has 0 radical (unpaired) electrons. The van der Waals surface area contributed by atoms with Crippen molar-refractivity contribution in [3.63, 3.8) is 0 Å². The van der Waals surface area contributed by atoms with Crippen LogP contribution in [0.15, 0.2) is 21.9 Å². The molecular weight excluding hydrogens is 236 g/mol. The van der Waals surface area contributed by atoms with Gasteiger partial charge in [0.15, 0.2) is 0 Å². The van der Waals surface area contributed by atoms with Crippen molar-refractivity contribution >= 4 is 5.91 Å². The van der Waals surface area contributed by atoms with Crippen molar-refractivity contribution in [3.8, 4) is 0 Å². The van der Waals surface area contributed by atoms with Gasteiger partial charge < -0.3 is 10.6 Å². The van der Waals surface area contributed by atoms with Gasteiger partial charge in [0.25, 0.3) is 5.56 Å². The molecule has 0 spiro atoms. The molecule has 1 rings (SSSR count). The molecule has 18 heavy (non-hydrogen) atoms. The Balaban J connectivity index is 2.69. The van der Waals surface area contributed by atoms with E-state index in [0.29, 0.717) is 6.54 Å². The van der Waals surface area contributed by atoms with Crippen molar-refractivity contribution in [1.29, 1.82) is 0 Å². The summed E-state index contributed by atoms with van der Waals surface area (Å²) in [6.45, 7) is 2.32. The Morgan fingerprint density at radius 3 is 2.72 bits per heavy atom. The number of carbonyl (C=O) groups excluding carboxylic acids is 1. The molecule has 1 heterocycles. The van der Waals surface area contributed by atoms with Gasteiger partial charge in [-0.2, -0.15) is 0 Å². The second-order valence-corrected chi connectivity index (χ2v) is 4.12. The third-order valence-electron chi connectivity index (χ3n) is 2.67. The highest BCUT2D eigenvalue weighted by Crippen LogP contribution is 1.81. The number of rotatable bonds is 5. The minimum atomic E-state index is -0.501. The molecule has 1 atom stereocenters. The highest BCUT2D eigenvalue weighted by Gasteiger charge is 2.07. The number of aromatic nitrogens is 2. The first kappa shape index (κ1) is 14.2. The summed E-state index contributed by atoms with van der Waals surface area (Å²) in [7, 11) is 3.18. The number of nitrogens with zero attached hydrogens (tertiary/aromatic N) is 2. The molecule has 0 aliphatic heterocycles. The van der Waals surface area contributed by atoms with Crippen LogP contribution in [0.5, 0.6) is 0 Å². The van der Waals surface area contributed by atoms with Crippen LogP contribution in [-0.2, 0) is 18.4 Å². The van der Waals surface area contributed by atoms with Gasteiger partial charge in [-0.15, -0.1) is 0 Å². The Morgan fingerprint density at radius 1 is 1.44 bits per heavy atom. The van der Waals surface area contributed by atoms with Crippen LogP contribution >= 0.6 is 0 Å². The fourth-order valence-electron chi connectivity index (χ4n) is 1.32. The monoisotopic (exact) mass is 254 g/mol. The highest BCUT2D eigenvalue weighted by atomic mass is 16.2. The number of hydrogen-bond acceptors (Lipinski definition) is 4. The molecule has 0 aromatic carbocycles. The average molecular weight is 254 g/mol. The summed E-state index contributed by atoms with van der Waals surface area (Å²) in [4.78, 5) is 34.4.